The summed E-state index contributed by atoms with van der Waals surface area (Å²) in [5, 5.41) is 12.3. The zero-order chi connectivity index (χ0) is 15.2. The average Bonchev–Trinajstić information content (AvgIpc) is 2.54. The zero-order valence-electron chi connectivity index (χ0n) is 12.4. The summed E-state index contributed by atoms with van der Waals surface area (Å²) in [7, 11) is 3.47. The topological polar surface area (TPSA) is 54.3 Å². The number of hydrogen-bond donors (Lipinski definition) is 1. The molecule has 0 fully saturated rings. The third kappa shape index (κ3) is 3.53. The summed E-state index contributed by atoms with van der Waals surface area (Å²) in [6, 6.07) is 15.2. The molecule has 1 unspecified atom stereocenters. The van der Waals surface area contributed by atoms with Crippen LogP contribution >= 0.6 is 0 Å². The fourth-order valence-corrected chi connectivity index (χ4v) is 2.03. The van der Waals surface area contributed by atoms with E-state index in [-0.39, 0.29) is 6.04 Å². The summed E-state index contributed by atoms with van der Waals surface area (Å²) >= 11 is 0. The minimum absolute atomic E-state index is 0.169. The Morgan fingerprint density at radius 2 is 1.86 bits per heavy atom. The number of nitrogens with zero attached hydrogens (tertiary/aromatic N) is 1. The van der Waals surface area contributed by atoms with Crippen molar-refractivity contribution in [1.82, 2.24) is 5.32 Å². The summed E-state index contributed by atoms with van der Waals surface area (Å²) in [6.45, 7) is 2.06. The second-order valence-corrected chi connectivity index (χ2v) is 4.66. The highest BCUT2D eigenvalue weighted by Gasteiger charge is 2.11. The van der Waals surface area contributed by atoms with Gasteiger partial charge in [0.1, 0.15) is 17.2 Å². The van der Waals surface area contributed by atoms with Gasteiger partial charge < -0.3 is 14.8 Å². The van der Waals surface area contributed by atoms with Gasteiger partial charge in [-0.05, 0) is 32.2 Å². The Morgan fingerprint density at radius 3 is 2.52 bits per heavy atom. The molecule has 21 heavy (non-hydrogen) atoms. The molecule has 2 rings (SSSR count). The molecule has 0 aliphatic carbocycles. The molecule has 1 N–H and O–H groups in total. The highest BCUT2D eigenvalue weighted by atomic mass is 16.5. The van der Waals surface area contributed by atoms with Gasteiger partial charge in [-0.1, -0.05) is 18.2 Å². The van der Waals surface area contributed by atoms with Crippen LogP contribution in [0.1, 0.15) is 24.1 Å². The van der Waals surface area contributed by atoms with E-state index in [9.17, 15) is 0 Å². The van der Waals surface area contributed by atoms with Gasteiger partial charge in [-0.3, -0.25) is 0 Å². The van der Waals surface area contributed by atoms with Crippen molar-refractivity contribution in [2.24, 2.45) is 0 Å². The van der Waals surface area contributed by atoms with Gasteiger partial charge in [-0.25, -0.2) is 0 Å². The molecule has 0 spiro atoms. The smallest absolute Gasteiger partial charge is 0.132 e. The Labute approximate surface area is 124 Å². The molecular formula is C17H18N2O2. The quantitative estimate of drug-likeness (QED) is 0.909. The number of methoxy groups -OCH3 is 1. The first kappa shape index (κ1) is 14.9. The summed E-state index contributed by atoms with van der Waals surface area (Å²) < 4.78 is 11.1. The van der Waals surface area contributed by atoms with Crippen LogP contribution in [-0.2, 0) is 0 Å². The molecule has 2 aromatic rings. The Morgan fingerprint density at radius 1 is 1.14 bits per heavy atom. The van der Waals surface area contributed by atoms with Gasteiger partial charge in [0, 0.05) is 17.7 Å². The number of para-hydroxylation sites is 1. The van der Waals surface area contributed by atoms with Crippen LogP contribution in [0.3, 0.4) is 0 Å². The molecular weight excluding hydrogens is 264 g/mol. The van der Waals surface area contributed by atoms with Crippen LogP contribution in [0.4, 0.5) is 0 Å². The number of rotatable bonds is 5. The van der Waals surface area contributed by atoms with Crippen molar-refractivity contribution >= 4 is 0 Å². The Kier molecular flexibility index (Phi) is 4.81. The molecule has 0 amide bonds. The van der Waals surface area contributed by atoms with Crippen LogP contribution in [0.5, 0.6) is 17.2 Å². The molecule has 0 aliphatic rings. The lowest BCUT2D eigenvalue weighted by Gasteiger charge is -2.16. The van der Waals surface area contributed by atoms with E-state index < -0.39 is 0 Å². The van der Waals surface area contributed by atoms with Crippen LogP contribution in [0, 0.1) is 11.3 Å². The predicted molar refractivity (Wildman–Crippen MR) is 81.7 cm³/mol. The first-order chi connectivity index (χ1) is 10.2. The molecule has 108 valence electrons. The maximum Gasteiger partial charge on any atom is 0.132 e. The van der Waals surface area contributed by atoms with E-state index in [0.29, 0.717) is 17.1 Å². The minimum Gasteiger partial charge on any atom is -0.497 e. The van der Waals surface area contributed by atoms with Crippen molar-refractivity contribution < 1.29 is 9.47 Å². The third-order valence-electron chi connectivity index (χ3n) is 3.29. The van der Waals surface area contributed by atoms with Gasteiger partial charge in [-0.15, -0.1) is 0 Å². The van der Waals surface area contributed by atoms with Gasteiger partial charge >= 0.3 is 0 Å². The number of nitrogens with one attached hydrogen (secondary N) is 1. The second kappa shape index (κ2) is 6.78. The fourth-order valence-electron chi connectivity index (χ4n) is 2.03. The molecule has 4 heteroatoms. The molecule has 1 atom stereocenters. The maximum atomic E-state index is 9.06. The number of benzene rings is 2. The predicted octanol–water partition coefficient (Wildman–Crippen LogP) is 3.64. The van der Waals surface area contributed by atoms with Crippen molar-refractivity contribution in [3.63, 3.8) is 0 Å². The Bertz CT molecular complexity index is 662. The summed E-state index contributed by atoms with van der Waals surface area (Å²) in [4.78, 5) is 0. The minimum atomic E-state index is 0.169. The van der Waals surface area contributed by atoms with E-state index >= 15 is 0 Å². The van der Waals surface area contributed by atoms with Crippen molar-refractivity contribution in [2.75, 3.05) is 14.2 Å². The highest BCUT2D eigenvalue weighted by molar-refractivity contribution is 5.47. The van der Waals surface area contributed by atoms with Crippen LogP contribution in [0.2, 0.25) is 0 Å². The fraction of sp³-hybridized carbons (Fsp3) is 0.235. The third-order valence-corrected chi connectivity index (χ3v) is 3.29. The first-order valence-electron chi connectivity index (χ1n) is 6.71. The Balaban J connectivity index is 2.37. The van der Waals surface area contributed by atoms with E-state index in [1.165, 1.54) is 0 Å². The van der Waals surface area contributed by atoms with E-state index in [4.69, 9.17) is 14.7 Å². The van der Waals surface area contributed by atoms with E-state index in [2.05, 4.69) is 18.3 Å². The zero-order valence-corrected chi connectivity index (χ0v) is 12.4. The van der Waals surface area contributed by atoms with E-state index in [1.807, 2.05) is 31.3 Å². The van der Waals surface area contributed by atoms with Gasteiger partial charge in [-0.2, -0.15) is 5.26 Å². The summed E-state index contributed by atoms with van der Waals surface area (Å²) in [5.41, 5.74) is 1.56. The molecule has 0 heterocycles. The molecule has 4 nitrogen and oxygen atoms in total. The van der Waals surface area contributed by atoms with Gasteiger partial charge in [0.15, 0.2) is 0 Å². The van der Waals surface area contributed by atoms with Crippen molar-refractivity contribution in [3.05, 3.63) is 53.6 Å². The number of ether oxygens (including phenoxy) is 2. The Hall–Kier alpha value is -2.51. The molecule has 0 saturated heterocycles. The lowest BCUT2D eigenvalue weighted by atomic mass is 10.1. The number of hydrogen-bond acceptors (Lipinski definition) is 4. The van der Waals surface area contributed by atoms with Crippen LogP contribution < -0.4 is 14.8 Å². The van der Waals surface area contributed by atoms with Gasteiger partial charge in [0.05, 0.1) is 18.7 Å². The monoisotopic (exact) mass is 282 g/mol. The van der Waals surface area contributed by atoms with Crippen molar-refractivity contribution in [3.8, 4) is 23.3 Å². The van der Waals surface area contributed by atoms with Crippen LogP contribution in [0.25, 0.3) is 0 Å². The maximum absolute atomic E-state index is 9.06. The highest BCUT2D eigenvalue weighted by Crippen LogP contribution is 2.31. The van der Waals surface area contributed by atoms with Crippen molar-refractivity contribution in [1.29, 1.82) is 5.26 Å². The molecule has 0 bridgehead atoms. The summed E-state index contributed by atoms with van der Waals surface area (Å²) in [5.74, 6) is 1.95. The van der Waals surface area contributed by atoms with Gasteiger partial charge in [0.25, 0.3) is 0 Å². The molecule has 0 aliphatic heterocycles. The van der Waals surface area contributed by atoms with Crippen LogP contribution in [0.15, 0.2) is 42.5 Å². The first-order valence-corrected chi connectivity index (χ1v) is 6.71. The number of nitriles is 1. The largest absolute Gasteiger partial charge is 0.497 e. The lowest BCUT2D eigenvalue weighted by molar-refractivity contribution is 0.408. The van der Waals surface area contributed by atoms with E-state index in [0.717, 1.165) is 11.3 Å². The molecule has 0 aromatic heterocycles. The normalized spacial score (nSPS) is 11.5. The SMILES string of the molecule is CNC(C)c1ccccc1Oc1cc(C#N)cc(OC)c1. The molecule has 0 saturated carbocycles. The van der Waals surface area contributed by atoms with Gasteiger partial charge in [0.2, 0.25) is 0 Å². The molecule has 0 radical (unpaired) electrons. The standard InChI is InChI=1S/C17H18N2O2/c1-12(19-2)16-6-4-5-7-17(16)21-15-9-13(11-18)8-14(10-15)20-3/h4-10,12,19H,1-3H3. The van der Waals surface area contributed by atoms with Crippen LogP contribution in [-0.4, -0.2) is 14.2 Å². The molecule has 2 aromatic carbocycles. The lowest BCUT2D eigenvalue weighted by Crippen LogP contribution is -2.13. The summed E-state index contributed by atoms with van der Waals surface area (Å²) in [6.07, 6.45) is 0. The average molecular weight is 282 g/mol. The van der Waals surface area contributed by atoms with Crippen molar-refractivity contribution in [2.45, 2.75) is 13.0 Å². The second-order valence-electron chi connectivity index (χ2n) is 4.66. The van der Waals surface area contributed by atoms with E-state index in [1.54, 1.807) is 25.3 Å².